The molecule has 16 heavy (non-hydrogen) atoms. The van der Waals surface area contributed by atoms with Gasteiger partial charge in [0, 0.05) is 6.20 Å². The van der Waals surface area contributed by atoms with Crippen LogP contribution in [0.4, 0.5) is 0 Å². The number of benzene rings is 1. The number of nitrogens with one attached hydrogen (secondary N) is 1. The van der Waals surface area contributed by atoms with Gasteiger partial charge in [-0.1, -0.05) is 23.2 Å². The quantitative estimate of drug-likeness (QED) is 0.784. The van der Waals surface area contributed by atoms with E-state index in [2.05, 4.69) is 4.98 Å². The maximum absolute atomic E-state index is 11.9. The monoisotopic (exact) mass is 252 g/mol. The normalized spacial score (nSPS) is 10.4. The van der Waals surface area contributed by atoms with E-state index in [1.807, 2.05) is 6.07 Å². The average molecular weight is 253 g/mol. The van der Waals surface area contributed by atoms with Gasteiger partial charge < -0.3 is 4.98 Å². The summed E-state index contributed by atoms with van der Waals surface area (Å²) in [7, 11) is 0. The van der Waals surface area contributed by atoms with Gasteiger partial charge in [0.15, 0.2) is 0 Å². The predicted molar refractivity (Wildman–Crippen MR) is 64.0 cm³/mol. The van der Waals surface area contributed by atoms with Crippen molar-refractivity contribution in [3.8, 4) is 6.07 Å². The number of hydrogen-bond acceptors (Lipinski definition) is 2. The summed E-state index contributed by atoms with van der Waals surface area (Å²) >= 11 is 12.0. The average Bonchev–Trinajstić information content (AvgIpc) is 2.26. The molecule has 0 radical (unpaired) electrons. The molecule has 0 bridgehead atoms. The van der Waals surface area contributed by atoms with E-state index >= 15 is 0 Å². The first kappa shape index (κ1) is 11.0. The van der Waals surface area contributed by atoms with Crippen molar-refractivity contribution in [1.82, 2.24) is 4.98 Å². The molecule has 2 rings (SSSR count). The molecule has 1 aromatic heterocycles. The lowest BCUT2D eigenvalue weighted by atomic mass is 10.1. The highest BCUT2D eigenvalue weighted by Crippen LogP contribution is 2.29. The summed E-state index contributed by atoms with van der Waals surface area (Å²) in [6, 6.07) is 3.48. The van der Waals surface area contributed by atoms with Crippen molar-refractivity contribution in [2.75, 3.05) is 0 Å². The number of nitriles is 1. The van der Waals surface area contributed by atoms with Crippen molar-refractivity contribution < 1.29 is 0 Å². The van der Waals surface area contributed by atoms with Crippen LogP contribution < -0.4 is 5.43 Å². The van der Waals surface area contributed by atoms with Gasteiger partial charge in [-0.15, -0.1) is 0 Å². The fourth-order valence-electron chi connectivity index (χ4n) is 1.53. The van der Waals surface area contributed by atoms with Crippen molar-refractivity contribution in [1.29, 1.82) is 5.26 Å². The second-order valence-electron chi connectivity index (χ2n) is 3.38. The number of aromatic nitrogens is 1. The molecule has 0 amide bonds. The highest BCUT2D eigenvalue weighted by molar-refractivity contribution is 6.40. The molecule has 0 aliphatic heterocycles. The highest BCUT2D eigenvalue weighted by Gasteiger charge is 2.13. The SMILES string of the molecule is Cc1cc(Cl)c2[nH]cc(C#N)c(=O)c2c1Cl. The summed E-state index contributed by atoms with van der Waals surface area (Å²) in [5, 5.41) is 9.78. The molecule has 0 aliphatic carbocycles. The third-order valence-electron chi connectivity index (χ3n) is 2.35. The van der Waals surface area contributed by atoms with E-state index in [0.29, 0.717) is 21.1 Å². The standard InChI is InChI=1S/C11H6Cl2N2O/c1-5-2-7(12)10-8(9(5)13)11(16)6(3-14)4-15-10/h2,4H,1H3,(H,15,16). The minimum atomic E-state index is -0.396. The third kappa shape index (κ3) is 1.47. The Kier molecular flexibility index (Phi) is 2.63. The Labute approximate surface area is 101 Å². The van der Waals surface area contributed by atoms with E-state index in [9.17, 15) is 4.79 Å². The number of fused-ring (bicyclic) bond motifs is 1. The number of hydrogen-bond donors (Lipinski definition) is 1. The number of rotatable bonds is 0. The van der Waals surface area contributed by atoms with Gasteiger partial charge in [-0.3, -0.25) is 4.79 Å². The molecule has 5 heteroatoms. The molecule has 3 nitrogen and oxygen atoms in total. The van der Waals surface area contributed by atoms with E-state index in [1.54, 1.807) is 13.0 Å². The number of nitrogens with zero attached hydrogens (tertiary/aromatic N) is 1. The van der Waals surface area contributed by atoms with Gasteiger partial charge in [-0.25, -0.2) is 0 Å². The minimum absolute atomic E-state index is 0.0241. The third-order valence-corrected chi connectivity index (χ3v) is 3.14. The molecular formula is C11H6Cl2N2O. The Morgan fingerprint density at radius 2 is 2.12 bits per heavy atom. The maximum Gasteiger partial charge on any atom is 0.208 e. The molecule has 80 valence electrons. The predicted octanol–water partition coefficient (Wildman–Crippen LogP) is 3.02. The fraction of sp³-hybridized carbons (Fsp3) is 0.0909. The first-order valence-corrected chi connectivity index (χ1v) is 5.22. The zero-order valence-corrected chi connectivity index (χ0v) is 9.78. The molecule has 1 heterocycles. The van der Waals surface area contributed by atoms with E-state index in [4.69, 9.17) is 28.5 Å². The van der Waals surface area contributed by atoms with Gasteiger partial charge in [-0.2, -0.15) is 5.26 Å². The number of aromatic amines is 1. The number of halogens is 2. The lowest BCUT2D eigenvalue weighted by Crippen LogP contribution is -2.08. The molecular weight excluding hydrogens is 247 g/mol. The van der Waals surface area contributed by atoms with Crippen molar-refractivity contribution in [3.05, 3.63) is 43.7 Å². The summed E-state index contributed by atoms with van der Waals surface area (Å²) in [5.41, 5.74) is 0.795. The minimum Gasteiger partial charge on any atom is -0.358 e. The van der Waals surface area contributed by atoms with Crippen LogP contribution in [0.5, 0.6) is 0 Å². The van der Waals surface area contributed by atoms with E-state index in [0.717, 1.165) is 0 Å². The molecule has 0 atom stereocenters. The first-order chi connectivity index (χ1) is 7.56. The topological polar surface area (TPSA) is 56.6 Å². The number of H-pyrrole nitrogens is 1. The summed E-state index contributed by atoms with van der Waals surface area (Å²) in [6.07, 6.45) is 1.34. The Bertz CT molecular complexity index is 683. The van der Waals surface area contributed by atoms with E-state index in [1.165, 1.54) is 6.20 Å². The molecule has 2 aromatic rings. The van der Waals surface area contributed by atoms with Crippen LogP contribution >= 0.6 is 23.2 Å². The van der Waals surface area contributed by atoms with E-state index < -0.39 is 5.43 Å². The smallest absolute Gasteiger partial charge is 0.208 e. The second kappa shape index (κ2) is 3.82. The van der Waals surface area contributed by atoms with Crippen LogP contribution in [0.3, 0.4) is 0 Å². The van der Waals surface area contributed by atoms with Gasteiger partial charge in [0.05, 0.1) is 20.9 Å². The highest BCUT2D eigenvalue weighted by atomic mass is 35.5. The van der Waals surface area contributed by atoms with Gasteiger partial charge in [0.2, 0.25) is 5.43 Å². The van der Waals surface area contributed by atoms with Gasteiger partial charge in [0.25, 0.3) is 0 Å². The Balaban J connectivity index is 3.10. The summed E-state index contributed by atoms with van der Waals surface area (Å²) < 4.78 is 0. The van der Waals surface area contributed by atoms with Crippen molar-refractivity contribution in [2.24, 2.45) is 0 Å². The zero-order chi connectivity index (χ0) is 11.9. The molecule has 0 saturated heterocycles. The first-order valence-electron chi connectivity index (χ1n) is 4.46. The van der Waals surface area contributed by atoms with E-state index in [-0.39, 0.29) is 10.9 Å². The van der Waals surface area contributed by atoms with Crippen LogP contribution in [-0.4, -0.2) is 4.98 Å². The molecule has 0 unspecified atom stereocenters. The fourth-order valence-corrected chi connectivity index (χ4v) is 2.08. The Morgan fingerprint density at radius 3 is 2.75 bits per heavy atom. The molecule has 0 spiro atoms. The van der Waals surface area contributed by atoms with Gasteiger partial charge in [-0.05, 0) is 18.6 Å². The summed E-state index contributed by atoms with van der Waals surface area (Å²) in [5.74, 6) is 0. The molecule has 0 aliphatic rings. The molecule has 0 fully saturated rings. The van der Waals surface area contributed by atoms with Crippen LogP contribution in [0.15, 0.2) is 17.1 Å². The van der Waals surface area contributed by atoms with Crippen molar-refractivity contribution >= 4 is 34.1 Å². The zero-order valence-electron chi connectivity index (χ0n) is 8.27. The molecule has 0 saturated carbocycles. The van der Waals surface area contributed by atoms with Crippen LogP contribution in [0.1, 0.15) is 11.1 Å². The Morgan fingerprint density at radius 1 is 1.44 bits per heavy atom. The number of aryl methyl sites for hydroxylation is 1. The Hall–Kier alpha value is -1.50. The lowest BCUT2D eigenvalue weighted by molar-refractivity contribution is 1.33. The summed E-state index contributed by atoms with van der Waals surface area (Å²) in [6.45, 7) is 1.76. The van der Waals surface area contributed by atoms with Crippen molar-refractivity contribution in [3.63, 3.8) is 0 Å². The van der Waals surface area contributed by atoms with Gasteiger partial charge >= 0.3 is 0 Å². The maximum atomic E-state index is 11.9. The lowest BCUT2D eigenvalue weighted by Gasteiger charge is -2.05. The van der Waals surface area contributed by atoms with Crippen LogP contribution in [0, 0.1) is 18.3 Å². The van der Waals surface area contributed by atoms with Crippen LogP contribution in [0.2, 0.25) is 10.0 Å². The summed E-state index contributed by atoms with van der Waals surface area (Å²) in [4.78, 5) is 14.7. The second-order valence-corrected chi connectivity index (χ2v) is 4.17. The molecule has 1 aromatic carbocycles. The van der Waals surface area contributed by atoms with Crippen LogP contribution in [-0.2, 0) is 0 Å². The van der Waals surface area contributed by atoms with Crippen molar-refractivity contribution in [2.45, 2.75) is 6.92 Å². The number of pyridine rings is 1. The van der Waals surface area contributed by atoms with Gasteiger partial charge in [0.1, 0.15) is 11.6 Å². The molecule has 1 N–H and O–H groups in total. The largest absolute Gasteiger partial charge is 0.358 e. The van der Waals surface area contributed by atoms with Crippen LogP contribution in [0.25, 0.3) is 10.9 Å².